The number of nitrogens with zero attached hydrogens (tertiary/aromatic N) is 3. The van der Waals surface area contributed by atoms with Gasteiger partial charge in [0.25, 0.3) is 0 Å². The van der Waals surface area contributed by atoms with Gasteiger partial charge in [0.2, 0.25) is 23.6 Å². The number of fused-ring (bicyclic) bond motifs is 1. The van der Waals surface area contributed by atoms with E-state index in [0.29, 0.717) is 5.56 Å². The first-order valence-corrected chi connectivity index (χ1v) is 15.7. The summed E-state index contributed by atoms with van der Waals surface area (Å²) in [6.45, 7) is 1.56. The van der Waals surface area contributed by atoms with Gasteiger partial charge in [0.15, 0.2) is 5.78 Å². The van der Waals surface area contributed by atoms with E-state index in [2.05, 4.69) is 16.7 Å². The summed E-state index contributed by atoms with van der Waals surface area (Å²) in [4.78, 5) is 41.0. The summed E-state index contributed by atoms with van der Waals surface area (Å²) < 4.78 is 1.15. The largest absolute Gasteiger partial charge is 0.493 e. The summed E-state index contributed by atoms with van der Waals surface area (Å²) in [5.74, 6) is -2.09. The molecule has 1 fully saturated rings. The van der Waals surface area contributed by atoms with Crippen LogP contribution in [0.3, 0.4) is 0 Å². The van der Waals surface area contributed by atoms with Crippen molar-refractivity contribution in [3.8, 4) is 17.8 Å². The third kappa shape index (κ3) is 7.31. The van der Waals surface area contributed by atoms with Crippen LogP contribution in [0.25, 0.3) is 16.8 Å². The van der Waals surface area contributed by atoms with Crippen LogP contribution in [0.2, 0.25) is 0 Å². The predicted octanol–water partition coefficient (Wildman–Crippen LogP) is 5.25. The Labute approximate surface area is 273 Å². The SMILES string of the molecule is Cc1c(C(=O)[C@@H](NC(=O)CC(NC(=O)C=Cc2ccc(C#N)cc2)c2ccc3ccccc3c2)C2CCCC2)c(O)n(N(C)C)c1O. The van der Waals surface area contributed by atoms with Gasteiger partial charge in [-0.25, -0.2) is 0 Å². The minimum absolute atomic E-state index is 0.0271. The van der Waals surface area contributed by atoms with Crippen LogP contribution < -0.4 is 15.6 Å². The normalized spacial score (nSPS) is 14.5. The van der Waals surface area contributed by atoms with Crippen LogP contribution in [0.5, 0.6) is 11.8 Å². The number of carbonyl (C=O) groups is 3. The Morgan fingerprint density at radius 3 is 2.30 bits per heavy atom. The lowest BCUT2D eigenvalue weighted by Gasteiger charge is -2.25. The number of Topliss-reactive ketones (excluding diaryl/α,β-unsaturated/α-hetero) is 1. The van der Waals surface area contributed by atoms with Crippen molar-refractivity contribution in [2.45, 2.75) is 51.1 Å². The van der Waals surface area contributed by atoms with Crippen LogP contribution in [-0.4, -0.2) is 52.6 Å². The fraction of sp³-hybridized carbons (Fsp3) is 0.297. The molecule has 5 rings (SSSR count). The summed E-state index contributed by atoms with van der Waals surface area (Å²) in [7, 11) is 3.26. The Morgan fingerprint density at radius 2 is 1.66 bits per heavy atom. The van der Waals surface area contributed by atoms with Gasteiger partial charge in [-0.15, -0.1) is 0 Å². The van der Waals surface area contributed by atoms with E-state index in [4.69, 9.17) is 5.26 Å². The molecule has 1 aliphatic carbocycles. The second kappa shape index (κ2) is 14.3. The Hall–Kier alpha value is -5.56. The van der Waals surface area contributed by atoms with Gasteiger partial charge in [0.05, 0.1) is 35.7 Å². The molecule has 1 aliphatic rings. The molecule has 3 aromatic carbocycles. The first kappa shape index (κ1) is 32.8. The van der Waals surface area contributed by atoms with Crippen molar-refractivity contribution in [3.05, 3.63) is 101 Å². The molecular weight excluding hydrogens is 594 g/mol. The van der Waals surface area contributed by atoms with Gasteiger partial charge >= 0.3 is 0 Å². The standard InChI is InChI=1S/C37H39N5O5/c1-23-33(37(47)42(36(23)46)41(2)3)35(45)34(27-9-5-6-10-27)40-32(44)21-30(29-18-17-26-8-4-7-11-28(26)20-29)39-31(43)19-16-24-12-14-25(22-38)15-13-24/h4,7-8,11-20,27,30,34,46-47H,5-6,9-10,21H2,1-3H3,(H,39,43)(H,40,44)/t30?,34-/m0/s1. The second-order valence-corrected chi connectivity index (χ2v) is 12.2. The Balaban J connectivity index is 1.41. The van der Waals surface area contributed by atoms with Crippen LogP contribution in [-0.2, 0) is 9.59 Å². The van der Waals surface area contributed by atoms with Crippen LogP contribution >= 0.6 is 0 Å². The maximum absolute atomic E-state index is 14.0. The third-order valence-corrected chi connectivity index (χ3v) is 8.80. The van der Waals surface area contributed by atoms with Crippen LogP contribution in [0.15, 0.2) is 72.8 Å². The smallest absolute Gasteiger partial charge is 0.244 e. The van der Waals surface area contributed by atoms with Gasteiger partial charge in [-0.05, 0) is 71.9 Å². The number of aromatic hydroxyl groups is 2. The molecule has 10 nitrogen and oxygen atoms in total. The molecule has 0 spiro atoms. The molecule has 1 aromatic heterocycles. The Morgan fingerprint density at radius 1 is 0.979 bits per heavy atom. The molecule has 4 N–H and O–H groups in total. The summed E-state index contributed by atoms with van der Waals surface area (Å²) in [6.07, 6.45) is 6.18. The second-order valence-electron chi connectivity index (χ2n) is 12.2. The number of aromatic nitrogens is 1. The van der Waals surface area contributed by atoms with Crippen molar-refractivity contribution in [1.29, 1.82) is 5.26 Å². The summed E-state index contributed by atoms with van der Waals surface area (Å²) in [6, 6.07) is 20.8. The van der Waals surface area contributed by atoms with Crippen molar-refractivity contribution in [1.82, 2.24) is 15.3 Å². The van der Waals surface area contributed by atoms with Gasteiger partial charge in [-0.3, -0.25) is 14.4 Å². The third-order valence-electron chi connectivity index (χ3n) is 8.80. The highest BCUT2D eigenvalue weighted by atomic mass is 16.3. The van der Waals surface area contributed by atoms with Gasteiger partial charge in [-0.2, -0.15) is 9.94 Å². The van der Waals surface area contributed by atoms with E-state index in [1.807, 2.05) is 42.5 Å². The zero-order valence-corrected chi connectivity index (χ0v) is 26.7. The molecule has 47 heavy (non-hydrogen) atoms. The zero-order chi connectivity index (χ0) is 33.7. The van der Waals surface area contributed by atoms with E-state index in [1.54, 1.807) is 51.4 Å². The molecule has 2 atom stereocenters. The number of ketones is 1. The lowest BCUT2D eigenvalue weighted by molar-refractivity contribution is -0.123. The molecule has 1 heterocycles. The van der Waals surface area contributed by atoms with Crippen molar-refractivity contribution < 1.29 is 24.6 Å². The van der Waals surface area contributed by atoms with Crippen LogP contribution in [0.4, 0.5) is 0 Å². The van der Waals surface area contributed by atoms with E-state index in [1.165, 1.54) is 11.1 Å². The molecule has 1 unspecified atom stereocenters. The zero-order valence-electron chi connectivity index (χ0n) is 26.7. The van der Waals surface area contributed by atoms with E-state index in [-0.39, 0.29) is 35.2 Å². The Bertz CT molecular complexity index is 1860. The lowest BCUT2D eigenvalue weighted by atomic mass is 9.90. The van der Waals surface area contributed by atoms with Crippen molar-refractivity contribution in [3.63, 3.8) is 0 Å². The molecule has 1 saturated carbocycles. The number of benzene rings is 3. The maximum atomic E-state index is 14.0. The van der Waals surface area contributed by atoms with Crippen LogP contribution in [0, 0.1) is 24.2 Å². The molecule has 242 valence electrons. The molecule has 0 aliphatic heterocycles. The van der Waals surface area contributed by atoms with E-state index in [9.17, 15) is 24.6 Å². The minimum Gasteiger partial charge on any atom is -0.493 e. The highest BCUT2D eigenvalue weighted by molar-refractivity contribution is 6.05. The number of nitriles is 1. The highest BCUT2D eigenvalue weighted by Gasteiger charge is 2.37. The fourth-order valence-corrected chi connectivity index (χ4v) is 6.32. The minimum atomic E-state index is -0.920. The highest BCUT2D eigenvalue weighted by Crippen LogP contribution is 2.37. The van der Waals surface area contributed by atoms with E-state index in [0.717, 1.165) is 52.3 Å². The van der Waals surface area contributed by atoms with Crippen molar-refractivity contribution in [2.24, 2.45) is 5.92 Å². The average Bonchev–Trinajstić information content (AvgIpc) is 3.68. The van der Waals surface area contributed by atoms with E-state index >= 15 is 0 Å². The maximum Gasteiger partial charge on any atom is 0.244 e. The topological polar surface area (TPSA) is 148 Å². The van der Waals surface area contributed by atoms with E-state index < -0.39 is 29.7 Å². The molecule has 0 saturated heterocycles. The molecule has 0 radical (unpaired) electrons. The van der Waals surface area contributed by atoms with Gasteiger partial charge < -0.3 is 25.9 Å². The number of rotatable bonds is 11. The number of amides is 2. The van der Waals surface area contributed by atoms with Crippen LogP contribution in [0.1, 0.15) is 70.8 Å². The molecule has 10 heteroatoms. The fourth-order valence-electron chi connectivity index (χ4n) is 6.32. The Kier molecular flexibility index (Phi) is 9.95. The number of carbonyl (C=O) groups excluding carboxylic acids is 3. The average molecular weight is 634 g/mol. The molecule has 4 aromatic rings. The number of hydrogen-bond donors (Lipinski definition) is 4. The van der Waals surface area contributed by atoms with Crippen molar-refractivity contribution in [2.75, 3.05) is 19.1 Å². The van der Waals surface area contributed by atoms with Gasteiger partial charge in [-0.1, -0.05) is 61.4 Å². The summed E-state index contributed by atoms with van der Waals surface area (Å²) in [5, 5.41) is 40.0. The lowest BCUT2D eigenvalue weighted by Crippen LogP contribution is -2.46. The summed E-state index contributed by atoms with van der Waals surface area (Å²) >= 11 is 0. The molecule has 0 bridgehead atoms. The van der Waals surface area contributed by atoms with Crippen molar-refractivity contribution >= 4 is 34.4 Å². The molecule has 2 amide bonds. The predicted molar refractivity (Wildman–Crippen MR) is 180 cm³/mol. The quantitative estimate of drug-likeness (QED) is 0.130. The van der Waals surface area contributed by atoms with Gasteiger partial charge in [0.1, 0.15) is 0 Å². The number of nitrogens with one attached hydrogen (secondary N) is 2. The number of hydrogen-bond acceptors (Lipinski definition) is 7. The summed E-state index contributed by atoms with van der Waals surface area (Å²) in [5.41, 5.74) is 2.18. The molecular formula is C37H39N5O5. The first-order chi connectivity index (χ1) is 22.6. The monoisotopic (exact) mass is 633 g/mol. The van der Waals surface area contributed by atoms with Gasteiger partial charge in [0, 0.05) is 25.7 Å². The first-order valence-electron chi connectivity index (χ1n) is 15.7.